The summed E-state index contributed by atoms with van der Waals surface area (Å²) >= 11 is 0. The molecule has 0 aliphatic heterocycles. The van der Waals surface area contributed by atoms with Crippen LogP contribution < -0.4 is 0 Å². The topological polar surface area (TPSA) is 17.1 Å². The lowest BCUT2D eigenvalue weighted by atomic mass is 9.97. The Kier molecular flexibility index (Phi) is 11.8. The zero-order valence-corrected chi connectivity index (χ0v) is 16.0. The van der Waals surface area contributed by atoms with Crippen molar-refractivity contribution < 1.29 is 9.18 Å². The fourth-order valence-electron chi connectivity index (χ4n) is 2.42. The van der Waals surface area contributed by atoms with E-state index in [-0.39, 0.29) is 11.6 Å². The van der Waals surface area contributed by atoms with Crippen LogP contribution in [0.1, 0.15) is 64.5 Å². The minimum Gasteiger partial charge on any atom is -0.290 e. The maximum Gasteiger partial charge on any atom is 0.180 e. The molecule has 2 heteroatoms. The molecule has 0 heterocycles. The summed E-state index contributed by atoms with van der Waals surface area (Å²) in [6.45, 7) is 13.7. The Morgan fingerprint density at radius 1 is 1.21 bits per heavy atom. The number of ketones is 1. The Labute approximate surface area is 147 Å². The molecule has 1 rings (SSSR count). The van der Waals surface area contributed by atoms with Gasteiger partial charge in [0.1, 0.15) is 5.82 Å². The molecule has 0 amide bonds. The first-order valence-electron chi connectivity index (χ1n) is 8.98. The van der Waals surface area contributed by atoms with Crippen LogP contribution in [0.4, 0.5) is 4.39 Å². The van der Waals surface area contributed by atoms with Crippen molar-refractivity contribution in [3.63, 3.8) is 0 Å². The number of halogens is 1. The van der Waals surface area contributed by atoms with E-state index in [1.54, 1.807) is 19.1 Å². The summed E-state index contributed by atoms with van der Waals surface area (Å²) in [5, 5.41) is 0. The predicted molar refractivity (Wildman–Crippen MR) is 103 cm³/mol. The van der Waals surface area contributed by atoms with Gasteiger partial charge in [-0.2, -0.15) is 0 Å². The number of allylic oxidation sites excluding steroid dienone is 3. The third-order valence-corrected chi connectivity index (χ3v) is 3.84. The predicted octanol–water partition coefficient (Wildman–Crippen LogP) is 6.60. The monoisotopic (exact) mass is 332 g/mol. The van der Waals surface area contributed by atoms with E-state index in [0.29, 0.717) is 11.5 Å². The Hall–Kier alpha value is -1.70. The highest BCUT2D eigenvalue weighted by Gasteiger charge is 2.03. The van der Waals surface area contributed by atoms with Crippen molar-refractivity contribution in [1.29, 1.82) is 0 Å². The van der Waals surface area contributed by atoms with Gasteiger partial charge in [-0.1, -0.05) is 64.0 Å². The van der Waals surface area contributed by atoms with E-state index in [4.69, 9.17) is 0 Å². The smallest absolute Gasteiger partial charge is 0.180 e. The molecule has 0 aromatic heterocycles. The Morgan fingerprint density at radius 3 is 2.21 bits per heavy atom. The van der Waals surface area contributed by atoms with Crippen LogP contribution in [-0.2, 0) is 11.2 Å². The number of aryl methyl sites for hydroxylation is 2. The van der Waals surface area contributed by atoms with E-state index in [9.17, 15) is 9.18 Å². The number of benzene rings is 1. The lowest BCUT2D eigenvalue weighted by Crippen LogP contribution is -1.98. The quantitative estimate of drug-likeness (QED) is 0.490. The Bertz CT molecular complexity index is 537. The van der Waals surface area contributed by atoms with Crippen molar-refractivity contribution >= 4 is 5.78 Å². The van der Waals surface area contributed by atoms with E-state index in [1.165, 1.54) is 31.7 Å². The lowest BCUT2D eigenvalue weighted by molar-refractivity contribution is -0.111. The third-order valence-electron chi connectivity index (χ3n) is 3.84. The second-order valence-corrected chi connectivity index (χ2v) is 6.29. The van der Waals surface area contributed by atoms with Crippen LogP contribution in [0.2, 0.25) is 0 Å². The summed E-state index contributed by atoms with van der Waals surface area (Å²) in [4.78, 5) is 11.3. The maximum atomic E-state index is 12.8. The molecule has 1 aromatic rings. The molecule has 0 aliphatic carbocycles. The normalized spacial score (nSPS) is 10.6. The fraction of sp³-hybridized carbons (Fsp3) is 0.500. The molecule has 134 valence electrons. The molecule has 0 atom stereocenters. The van der Waals surface area contributed by atoms with Gasteiger partial charge in [0, 0.05) is 0 Å². The minimum absolute atomic E-state index is 0.0576. The van der Waals surface area contributed by atoms with Gasteiger partial charge in [0.15, 0.2) is 5.78 Å². The second kappa shape index (κ2) is 12.7. The molecule has 0 fully saturated rings. The molecule has 0 radical (unpaired) electrons. The van der Waals surface area contributed by atoms with E-state index in [1.807, 2.05) is 26.0 Å². The van der Waals surface area contributed by atoms with Gasteiger partial charge in [-0.05, 0) is 62.3 Å². The molecule has 1 aromatic carbocycles. The summed E-state index contributed by atoms with van der Waals surface area (Å²) in [6, 6.07) is 5.19. The first-order chi connectivity index (χ1) is 11.3. The van der Waals surface area contributed by atoms with E-state index >= 15 is 0 Å². The van der Waals surface area contributed by atoms with Crippen molar-refractivity contribution in [3.05, 3.63) is 59.4 Å². The van der Waals surface area contributed by atoms with Gasteiger partial charge in [0.2, 0.25) is 0 Å². The number of hydrogen-bond acceptors (Lipinski definition) is 1. The highest BCUT2D eigenvalue weighted by Crippen LogP contribution is 2.15. The SMILES string of the molecule is C=C(C)C(=O)/C=C\C(CCC)CCC.CCc1cc(C)ccc1F. The summed E-state index contributed by atoms with van der Waals surface area (Å²) in [5.74, 6) is 0.531. The first kappa shape index (κ1) is 22.3. The fourth-order valence-corrected chi connectivity index (χ4v) is 2.42. The van der Waals surface area contributed by atoms with Crippen LogP contribution in [0.15, 0.2) is 42.5 Å². The number of carbonyl (C=O) groups is 1. The van der Waals surface area contributed by atoms with Gasteiger partial charge in [0.05, 0.1) is 0 Å². The van der Waals surface area contributed by atoms with Crippen molar-refractivity contribution in [2.24, 2.45) is 5.92 Å². The zero-order valence-electron chi connectivity index (χ0n) is 16.0. The summed E-state index contributed by atoms with van der Waals surface area (Å²) < 4.78 is 12.8. The van der Waals surface area contributed by atoms with Gasteiger partial charge in [-0.25, -0.2) is 4.39 Å². The third kappa shape index (κ3) is 9.44. The van der Waals surface area contributed by atoms with Gasteiger partial charge < -0.3 is 0 Å². The zero-order chi connectivity index (χ0) is 18.5. The minimum atomic E-state index is -0.0897. The van der Waals surface area contributed by atoms with Gasteiger partial charge in [-0.15, -0.1) is 0 Å². The molecule has 0 saturated heterocycles. The highest BCUT2D eigenvalue weighted by atomic mass is 19.1. The van der Waals surface area contributed by atoms with Crippen molar-refractivity contribution in [2.45, 2.75) is 66.7 Å². The van der Waals surface area contributed by atoms with Gasteiger partial charge in [0.25, 0.3) is 0 Å². The molecule has 0 unspecified atom stereocenters. The van der Waals surface area contributed by atoms with Crippen molar-refractivity contribution in [3.8, 4) is 0 Å². The largest absolute Gasteiger partial charge is 0.290 e. The standard InChI is InChI=1S/C13H22O.C9H11F/c1-5-7-12(8-6-2)9-10-13(14)11(3)4;1-3-8-6-7(2)4-5-9(8)10/h9-10,12H,3,5-8H2,1-2,4H3;4-6H,3H2,1-2H3/b10-9-;. The molecule has 0 spiro atoms. The Morgan fingerprint density at radius 2 is 1.79 bits per heavy atom. The molecule has 0 N–H and O–H groups in total. The highest BCUT2D eigenvalue weighted by molar-refractivity contribution is 6.02. The molecule has 0 aliphatic rings. The van der Waals surface area contributed by atoms with E-state index < -0.39 is 0 Å². The van der Waals surface area contributed by atoms with Gasteiger partial charge >= 0.3 is 0 Å². The molecule has 24 heavy (non-hydrogen) atoms. The average molecular weight is 333 g/mol. The lowest BCUT2D eigenvalue weighted by Gasteiger charge is -2.08. The summed E-state index contributed by atoms with van der Waals surface area (Å²) in [6.07, 6.45) is 9.20. The average Bonchev–Trinajstić information content (AvgIpc) is 2.55. The first-order valence-corrected chi connectivity index (χ1v) is 8.98. The van der Waals surface area contributed by atoms with Crippen LogP contribution in [0, 0.1) is 18.7 Å². The van der Waals surface area contributed by atoms with Crippen molar-refractivity contribution in [2.75, 3.05) is 0 Å². The Balaban J connectivity index is 0.000000463. The maximum absolute atomic E-state index is 12.8. The molecular weight excluding hydrogens is 299 g/mol. The molecule has 0 bridgehead atoms. The van der Waals surface area contributed by atoms with E-state index in [2.05, 4.69) is 20.4 Å². The number of hydrogen-bond donors (Lipinski definition) is 0. The van der Waals surface area contributed by atoms with Crippen molar-refractivity contribution in [1.82, 2.24) is 0 Å². The van der Waals surface area contributed by atoms with Crippen LogP contribution in [0.5, 0.6) is 0 Å². The van der Waals surface area contributed by atoms with E-state index in [0.717, 1.165) is 17.5 Å². The second-order valence-electron chi connectivity index (χ2n) is 6.29. The van der Waals surface area contributed by atoms with Crippen LogP contribution in [0.3, 0.4) is 0 Å². The molecule has 0 saturated carbocycles. The number of carbonyl (C=O) groups excluding carboxylic acids is 1. The molecular formula is C22H33FO. The molecule has 1 nitrogen and oxygen atoms in total. The summed E-state index contributed by atoms with van der Waals surface area (Å²) in [7, 11) is 0. The van der Waals surface area contributed by atoms with Gasteiger partial charge in [-0.3, -0.25) is 4.79 Å². The van der Waals surface area contributed by atoms with Crippen LogP contribution >= 0.6 is 0 Å². The number of rotatable bonds is 8. The van der Waals surface area contributed by atoms with Crippen LogP contribution in [0.25, 0.3) is 0 Å². The van der Waals surface area contributed by atoms with Crippen LogP contribution in [-0.4, -0.2) is 5.78 Å². The summed E-state index contributed by atoms with van der Waals surface area (Å²) in [5.41, 5.74) is 2.55.